The van der Waals surface area contributed by atoms with E-state index in [0.29, 0.717) is 20.9 Å². The van der Waals surface area contributed by atoms with Crippen molar-refractivity contribution < 1.29 is 19.4 Å². The van der Waals surface area contributed by atoms with Crippen molar-refractivity contribution in [2.75, 3.05) is 11.9 Å². The molecule has 0 aliphatic carbocycles. The van der Waals surface area contributed by atoms with E-state index in [1.54, 1.807) is 48.5 Å². The number of likely N-dealkylation sites (tertiary alicyclic amines) is 1. The molecule has 0 spiro atoms. The number of carbonyl (C=O) groups excluding carboxylic acids is 2. The van der Waals surface area contributed by atoms with Crippen molar-refractivity contribution in [2.24, 2.45) is 0 Å². The highest BCUT2D eigenvalue weighted by Crippen LogP contribution is 2.27. The number of nitrogens with zero attached hydrogens (tertiary/aromatic N) is 1. The van der Waals surface area contributed by atoms with Crippen molar-refractivity contribution in [3.63, 3.8) is 0 Å². The second-order valence-electron chi connectivity index (χ2n) is 5.86. The third-order valence-electron chi connectivity index (χ3n) is 3.95. The highest BCUT2D eigenvalue weighted by Gasteiger charge is 2.40. The Balaban J connectivity index is 1.71. The molecule has 1 aliphatic heterocycles. The van der Waals surface area contributed by atoms with Crippen LogP contribution >= 0.6 is 27.5 Å². The first kappa shape index (κ1) is 18.7. The fourth-order valence-corrected chi connectivity index (χ4v) is 3.21. The Morgan fingerprint density at radius 1 is 1.23 bits per heavy atom. The van der Waals surface area contributed by atoms with Gasteiger partial charge in [-0.15, -0.1) is 0 Å². The number of rotatable bonds is 3. The maximum atomic E-state index is 12.6. The van der Waals surface area contributed by atoms with Crippen molar-refractivity contribution in [3.8, 4) is 5.75 Å². The number of carbonyl (C=O) groups is 2. The molecule has 8 heteroatoms. The molecule has 2 amide bonds. The number of ether oxygens (including phenoxy) is 1. The summed E-state index contributed by atoms with van der Waals surface area (Å²) in [6.45, 7) is 0.0358. The van der Waals surface area contributed by atoms with E-state index in [9.17, 15) is 14.7 Å². The summed E-state index contributed by atoms with van der Waals surface area (Å²) in [5, 5.41) is 13.2. The number of benzene rings is 2. The summed E-state index contributed by atoms with van der Waals surface area (Å²) in [5.41, 5.74) is 0.532. The van der Waals surface area contributed by atoms with E-state index in [2.05, 4.69) is 21.2 Å². The van der Waals surface area contributed by atoms with E-state index >= 15 is 0 Å². The Kier molecular flexibility index (Phi) is 5.80. The average molecular weight is 440 g/mol. The smallest absolute Gasteiger partial charge is 0.410 e. The molecule has 2 aromatic rings. The van der Waals surface area contributed by atoms with Crippen molar-refractivity contribution in [1.82, 2.24) is 4.90 Å². The van der Waals surface area contributed by atoms with Crippen molar-refractivity contribution in [3.05, 3.63) is 58.0 Å². The second kappa shape index (κ2) is 8.07. The molecule has 1 saturated heterocycles. The zero-order valence-electron chi connectivity index (χ0n) is 13.6. The van der Waals surface area contributed by atoms with E-state index in [1.165, 1.54) is 4.90 Å². The van der Waals surface area contributed by atoms with Gasteiger partial charge in [0.2, 0.25) is 5.91 Å². The third kappa shape index (κ3) is 4.35. The number of nitrogens with one attached hydrogen (secondary N) is 1. The van der Waals surface area contributed by atoms with Gasteiger partial charge in [-0.25, -0.2) is 4.79 Å². The topological polar surface area (TPSA) is 78.9 Å². The average Bonchev–Trinajstić information content (AvgIpc) is 3.01. The van der Waals surface area contributed by atoms with Crippen molar-refractivity contribution in [1.29, 1.82) is 0 Å². The lowest BCUT2D eigenvalue weighted by Crippen LogP contribution is -2.44. The van der Waals surface area contributed by atoms with Gasteiger partial charge in [0.25, 0.3) is 0 Å². The zero-order valence-corrected chi connectivity index (χ0v) is 15.9. The molecule has 0 radical (unpaired) electrons. The lowest BCUT2D eigenvalue weighted by molar-refractivity contribution is -0.119. The summed E-state index contributed by atoms with van der Waals surface area (Å²) in [6.07, 6.45) is -1.32. The molecule has 0 aromatic heterocycles. The molecule has 0 unspecified atom stereocenters. The van der Waals surface area contributed by atoms with Crippen LogP contribution in [0.1, 0.15) is 6.42 Å². The number of para-hydroxylation sites is 1. The van der Waals surface area contributed by atoms with E-state index in [0.717, 1.165) is 0 Å². The minimum Gasteiger partial charge on any atom is -0.410 e. The number of aliphatic hydroxyl groups is 1. The Hall–Kier alpha value is -2.09. The van der Waals surface area contributed by atoms with Crippen LogP contribution in [0.2, 0.25) is 5.02 Å². The molecule has 2 N–H and O–H groups in total. The van der Waals surface area contributed by atoms with E-state index in [1.807, 2.05) is 0 Å². The Labute approximate surface area is 163 Å². The number of anilines is 1. The van der Waals surface area contributed by atoms with Gasteiger partial charge in [-0.1, -0.05) is 29.8 Å². The van der Waals surface area contributed by atoms with Crippen LogP contribution < -0.4 is 10.1 Å². The number of hydrogen-bond acceptors (Lipinski definition) is 4. The van der Waals surface area contributed by atoms with Crippen molar-refractivity contribution >= 4 is 45.2 Å². The van der Waals surface area contributed by atoms with Crippen LogP contribution in [0.5, 0.6) is 5.75 Å². The molecule has 1 aliphatic rings. The summed E-state index contributed by atoms with van der Waals surface area (Å²) in [5.74, 6) is -0.0273. The van der Waals surface area contributed by atoms with Crippen LogP contribution in [-0.4, -0.2) is 40.7 Å². The van der Waals surface area contributed by atoms with Crippen molar-refractivity contribution in [2.45, 2.75) is 18.6 Å². The van der Waals surface area contributed by atoms with Crippen LogP contribution in [0.25, 0.3) is 0 Å². The van der Waals surface area contributed by atoms with Gasteiger partial charge in [0.1, 0.15) is 11.8 Å². The Bertz CT molecular complexity index is 818. The van der Waals surface area contributed by atoms with Crippen LogP contribution in [-0.2, 0) is 4.79 Å². The number of hydrogen-bond donors (Lipinski definition) is 2. The standard InChI is InChI=1S/C18H16BrClN2O4/c19-14-8-11(6-7-15(14)20)21-17(24)16-9-12(23)10-22(16)18(25)26-13-4-2-1-3-5-13/h1-8,12,16,23H,9-10H2,(H,21,24)/t12-,16+/m1/s1. The maximum absolute atomic E-state index is 12.6. The van der Waals surface area contributed by atoms with Gasteiger partial charge in [0.05, 0.1) is 17.7 Å². The summed E-state index contributed by atoms with van der Waals surface area (Å²) in [7, 11) is 0. The predicted molar refractivity (Wildman–Crippen MR) is 101 cm³/mol. The zero-order chi connectivity index (χ0) is 18.7. The maximum Gasteiger partial charge on any atom is 0.416 e. The van der Waals surface area contributed by atoms with Crippen LogP contribution in [0, 0.1) is 0 Å². The Morgan fingerprint density at radius 2 is 1.96 bits per heavy atom. The summed E-state index contributed by atoms with van der Waals surface area (Å²) >= 11 is 9.24. The van der Waals surface area contributed by atoms with E-state index in [-0.39, 0.29) is 13.0 Å². The highest BCUT2D eigenvalue weighted by molar-refractivity contribution is 9.10. The molecule has 1 fully saturated rings. The van der Waals surface area contributed by atoms with E-state index in [4.69, 9.17) is 16.3 Å². The van der Waals surface area contributed by atoms with Gasteiger partial charge in [0.15, 0.2) is 0 Å². The first-order valence-corrected chi connectivity index (χ1v) is 9.08. The fourth-order valence-electron chi connectivity index (χ4n) is 2.71. The SMILES string of the molecule is O=C(Nc1ccc(Cl)c(Br)c1)[C@@H]1C[C@@H](O)CN1C(=O)Oc1ccccc1. The summed E-state index contributed by atoms with van der Waals surface area (Å²) < 4.78 is 5.93. The molecule has 136 valence electrons. The lowest BCUT2D eigenvalue weighted by Gasteiger charge is -2.23. The number of amides is 2. The van der Waals surface area contributed by atoms with Gasteiger partial charge in [-0.3, -0.25) is 9.69 Å². The molecule has 0 saturated carbocycles. The monoisotopic (exact) mass is 438 g/mol. The molecule has 2 aromatic carbocycles. The molecule has 2 atom stereocenters. The molecule has 0 bridgehead atoms. The fraction of sp³-hybridized carbons (Fsp3) is 0.222. The third-order valence-corrected chi connectivity index (χ3v) is 5.17. The van der Waals surface area contributed by atoms with Gasteiger partial charge in [-0.05, 0) is 46.3 Å². The van der Waals surface area contributed by atoms with Crippen LogP contribution in [0.15, 0.2) is 53.0 Å². The van der Waals surface area contributed by atoms with Gasteiger partial charge in [-0.2, -0.15) is 0 Å². The number of aliphatic hydroxyl groups excluding tert-OH is 1. The molecule has 6 nitrogen and oxygen atoms in total. The summed E-state index contributed by atoms with van der Waals surface area (Å²) in [4.78, 5) is 26.3. The van der Waals surface area contributed by atoms with Gasteiger partial charge in [0, 0.05) is 16.6 Å². The largest absolute Gasteiger partial charge is 0.416 e. The second-order valence-corrected chi connectivity index (χ2v) is 7.12. The molecular formula is C18H16BrClN2O4. The molecule has 1 heterocycles. The normalized spacial score (nSPS) is 19.3. The Morgan fingerprint density at radius 3 is 2.65 bits per heavy atom. The molecular weight excluding hydrogens is 424 g/mol. The molecule has 26 heavy (non-hydrogen) atoms. The number of halogens is 2. The van der Waals surface area contributed by atoms with E-state index < -0.39 is 24.1 Å². The van der Waals surface area contributed by atoms with Gasteiger partial charge >= 0.3 is 6.09 Å². The minimum absolute atomic E-state index is 0.0358. The van der Waals surface area contributed by atoms with Crippen LogP contribution in [0.4, 0.5) is 10.5 Å². The predicted octanol–water partition coefficient (Wildman–Crippen LogP) is 3.68. The van der Waals surface area contributed by atoms with Gasteiger partial charge < -0.3 is 15.2 Å². The first-order valence-electron chi connectivity index (χ1n) is 7.91. The molecule has 3 rings (SSSR count). The van der Waals surface area contributed by atoms with Crippen LogP contribution in [0.3, 0.4) is 0 Å². The quantitative estimate of drug-likeness (QED) is 0.765. The number of β-amino-alcohol motifs (C(OH)–C–C–N with tert-alkyl or cyclic N) is 1. The summed E-state index contributed by atoms with van der Waals surface area (Å²) in [6, 6.07) is 12.7. The minimum atomic E-state index is -0.823. The first-order chi connectivity index (χ1) is 12.4. The highest BCUT2D eigenvalue weighted by atomic mass is 79.9. The lowest BCUT2D eigenvalue weighted by atomic mass is 10.2.